The second kappa shape index (κ2) is 8.27. The number of carbonyl (C=O) groups is 1. The van der Waals surface area contributed by atoms with Crippen LogP contribution in [0.5, 0.6) is 5.75 Å². The van der Waals surface area contributed by atoms with Gasteiger partial charge in [0.05, 0.1) is 25.2 Å². The van der Waals surface area contributed by atoms with Gasteiger partial charge in [-0.05, 0) is 37.1 Å². The number of nitrogens with one attached hydrogen (secondary N) is 1. The number of amides is 1. The summed E-state index contributed by atoms with van der Waals surface area (Å²) in [6.07, 6.45) is -0.925. The van der Waals surface area contributed by atoms with Crippen molar-refractivity contribution in [1.29, 1.82) is 0 Å². The molecular weight excluding hydrogens is 358 g/mol. The number of ether oxygens (including phenoxy) is 1. The van der Waals surface area contributed by atoms with Crippen LogP contribution in [0.1, 0.15) is 28.4 Å². The second-order valence-corrected chi connectivity index (χ2v) is 6.67. The maximum Gasteiger partial charge on any atom is 0.340 e. The number of methoxy groups -OCH3 is 1. The predicted octanol–water partition coefficient (Wildman–Crippen LogP) is 2.81. The van der Waals surface area contributed by atoms with Crippen LogP contribution in [0.4, 0.5) is 0 Å². The summed E-state index contributed by atoms with van der Waals surface area (Å²) in [6.45, 7) is 3.69. The van der Waals surface area contributed by atoms with E-state index in [0.717, 1.165) is 10.9 Å². The van der Waals surface area contributed by atoms with E-state index in [1.807, 2.05) is 37.3 Å². The lowest BCUT2D eigenvalue weighted by molar-refractivity contribution is -0.120. The third kappa shape index (κ3) is 3.92. The summed E-state index contributed by atoms with van der Waals surface area (Å²) in [5.74, 6) is 0.283. The Morgan fingerprint density at radius 1 is 1.14 bits per heavy atom. The van der Waals surface area contributed by atoms with Gasteiger partial charge < -0.3 is 19.6 Å². The molecule has 0 aliphatic rings. The largest absolute Gasteiger partial charge is 0.496 e. The lowest BCUT2D eigenvalue weighted by atomic mass is 10.0. The highest BCUT2D eigenvalue weighted by Gasteiger charge is 2.18. The van der Waals surface area contributed by atoms with Crippen LogP contribution >= 0.6 is 0 Å². The summed E-state index contributed by atoms with van der Waals surface area (Å²) < 4.78 is 10.7. The van der Waals surface area contributed by atoms with Gasteiger partial charge in [0, 0.05) is 17.5 Å². The smallest absolute Gasteiger partial charge is 0.340 e. The molecule has 0 saturated heterocycles. The lowest BCUT2D eigenvalue weighted by Gasteiger charge is -2.13. The minimum Gasteiger partial charge on any atom is -0.496 e. The first-order chi connectivity index (χ1) is 13.4. The maximum atomic E-state index is 12.5. The first kappa shape index (κ1) is 19.6. The van der Waals surface area contributed by atoms with Gasteiger partial charge in [0.15, 0.2) is 0 Å². The molecule has 1 atom stereocenters. The zero-order chi connectivity index (χ0) is 20.3. The van der Waals surface area contributed by atoms with E-state index in [4.69, 9.17) is 9.15 Å². The number of aliphatic hydroxyl groups excluding tert-OH is 1. The molecule has 0 aliphatic carbocycles. The van der Waals surface area contributed by atoms with E-state index in [1.165, 1.54) is 0 Å². The molecule has 146 valence electrons. The van der Waals surface area contributed by atoms with Crippen LogP contribution in [-0.4, -0.2) is 24.7 Å². The Hall–Kier alpha value is -3.12. The fourth-order valence-electron chi connectivity index (χ4n) is 3.22. The summed E-state index contributed by atoms with van der Waals surface area (Å²) in [5.41, 5.74) is 2.39. The van der Waals surface area contributed by atoms with Crippen LogP contribution in [0.15, 0.2) is 51.7 Å². The van der Waals surface area contributed by atoms with Crippen LogP contribution in [0.2, 0.25) is 0 Å². The highest BCUT2D eigenvalue weighted by Crippen LogP contribution is 2.29. The molecule has 1 heterocycles. The lowest BCUT2D eigenvalue weighted by Crippen LogP contribution is -2.31. The Morgan fingerprint density at radius 3 is 2.54 bits per heavy atom. The molecule has 0 spiro atoms. The predicted molar refractivity (Wildman–Crippen MR) is 107 cm³/mol. The first-order valence-electron chi connectivity index (χ1n) is 9.02. The molecule has 0 radical (unpaired) electrons. The Kier molecular flexibility index (Phi) is 5.80. The van der Waals surface area contributed by atoms with Crippen molar-refractivity contribution in [3.05, 3.63) is 75.1 Å². The van der Waals surface area contributed by atoms with Crippen LogP contribution in [0, 0.1) is 13.8 Å². The molecule has 3 rings (SSSR count). The zero-order valence-electron chi connectivity index (χ0n) is 16.1. The van der Waals surface area contributed by atoms with Crippen molar-refractivity contribution in [1.82, 2.24) is 5.32 Å². The molecule has 3 aromatic rings. The fourth-order valence-corrected chi connectivity index (χ4v) is 3.22. The number of rotatable bonds is 6. The van der Waals surface area contributed by atoms with Gasteiger partial charge in [0.2, 0.25) is 5.91 Å². The first-order valence-corrected chi connectivity index (χ1v) is 9.02. The van der Waals surface area contributed by atoms with Crippen molar-refractivity contribution in [3.63, 3.8) is 0 Å². The van der Waals surface area contributed by atoms with Gasteiger partial charge in [0.1, 0.15) is 11.3 Å². The molecule has 2 aromatic carbocycles. The average Bonchev–Trinajstić information content (AvgIpc) is 2.71. The molecule has 1 aromatic heterocycles. The molecule has 0 saturated carbocycles. The Bertz CT molecular complexity index is 1060. The monoisotopic (exact) mass is 381 g/mol. The van der Waals surface area contributed by atoms with Crippen molar-refractivity contribution in [3.8, 4) is 5.75 Å². The van der Waals surface area contributed by atoms with Gasteiger partial charge >= 0.3 is 5.63 Å². The molecule has 6 heteroatoms. The Labute approximate surface area is 162 Å². The van der Waals surface area contributed by atoms with Crippen LogP contribution in [0.25, 0.3) is 11.0 Å². The number of fused-ring (bicyclic) bond motifs is 1. The molecule has 0 aliphatic heterocycles. The van der Waals surface area contributed by atoms with E-state index in [1.54, 1.807) is 26.2 Å². The van der Waals surface area contributed by atoms with E-state index >= 15 is 0 Å². The van der Waals surface area contributed by atoms with Crippen molar-refractivity contribution in [2.24, 2.45) is 0 Å². The van der Waals surface area contributed by atoms with E-state index in [9.17, 15) is 14.7 Å². The topological polar surface area (TPSA) is 88.8 Å². The van der Waals surface area contributed by atoms with E-state index in [-0.39, 0.29) is 18.9 Å². The Morgan fingerprint density at radius 2 is 1.86 bits per heavy atom. The van der Waals surface area contributed by atoms with Crippen molar-refractivity contribution in [2.45, 2.75) is 26.4 Å². The van der Waals surface area contributed by atoms with Gasteiger partial charge in [0.25, 0.3) is 0 Å². The van der Waals surface area contributed by atoms with Gasteiger partial charge in [-0.15, -0.1) is 0 Å². The van der Waals surface area contributed by atoms with Crippen LogP contribution in [0.3, 0.4) is 0 Å². The molecule has 0 fully saturated rings. The van der Waals surface area contributed by atoms with E-state index in [2.05, 4.69) is 5.32 Å². The number of hydrogen-bond donors (Lipinski definition) is 2. The summed E-state index contributed by atoms with van der Waals surface area (Å²) >= 11 is 0. The molecule has 0 bridgehead atoms. The number of carbonyl (C=O) groups excluding carboxylic acids is 1. The average molecular weight is 381 g/mol. The molecular formula is C22H23NO5. The maximum absolute atomic E-state index is 12.5. The Balaban J connectivity index is 1.78. The summed E-state index contributed by atoms with van der Waals surface area (Å²) in [4.78, 5) is 24.8. The van der Waals surface area contributed by atoms with Crippen molar-refractivity contribution in [2.75, 3.05) is 13.7 Å². The highest BCUT2D eigenvalue weighted by atomic mass is 16.5. The van der Waals surface area contributed by atoms with Crippen LogP contribution < -0.4 is 15.7 Å². The molecule has 6 nitrogen and oxygen atoms in total. The summed E-state index contributed by atoms with van der Waals surface area (Å²) in [6, 6.07) is 12.7. The normalized spacial score (nSPS) is 12.0. The van der Waals surface area contributed by atoms with Gasteiger partial charge in [-0.2, -0.15) is 0 Å². The van der Waals surface area contributed by atoms with Gasteiger partial charge in [-0.3, -0.25) is 4.79 Å². The SMILES string of the molecule is COc1ccc2c(C)c(CC(=O)NC[C@@H](O)c3ccccc3)c(=O)oc2c1C. The number of aryl methyl sites for hydroxylation is 2. The van der Waals surface area contributed by atoms with Gasteiger partial charge in [-0.25, -0.2) is 4.79 Å². The quantitative estimate of drug-likeness (QED) is 0.641. The molecule has 28 heavy (non-hydrogen) atoms. The van der Waals surface area contributed by atoms with Crippen molar-refractivity contribution < 1.29 is 19.1 Å². The third-order valence-electron chi connectivity index (χ3n) is 4.89. The van der Waals surface area contributed by atoms with Gasteiger partial charge in [-0.1, -0.05) is 30.3 Å². The van der Waals surface area contributed by atoms with Crippen LogP contribution in [-0.2, 0) is 11.2 Å². The number of aliphatic hydroxyl groups is 1. The highest BCUT2D eigenvalue weighted by molar-refractivity contribution is 5.87. The molecule has 2 N–H and O–H groups in total. The summed E-state index contributed by atoms with van der Waals surface area (Å²) in [7, 11) is 1.56. The minimum atomic E-state index is -0.811. The standard InChI is InChI=1S/C22H23NO5/c1-13-16-9-10-19(27-3)14(2)21(16)28-22(26)17(13)11-20(25)23-12-18(24)15-7-5-4-6-8-15/h4-10,18,24H,11-12H2,1-3H3,(H,23,25)/t18-/m1/s1. The summed E-state index contributed by atoms with van der Waals surface area (Å²) in [5, 5.41) is 13.6. The number of hydrogen-bond acceptors (Lipinski definition) is 5. The third-order valence-corrected chi connectivity index (χ3v) is 4.89. The molecule has 1 amide bonds. The van der Waals surface area contributed by atoms with E-state index in [0.29, 0.717) is 28.0 Å². The zero-order valence-corrected chi connectivity index (χ0v) is 16.1. The van der Waals surface area contributed by atoms with E-state index < -0.39 is 11.7 Å². The minimum absolute atomic E-state index is 0.0666. The fraction of sp³-hybridized carbons (Fsp3) is 0.273. The van der Waals surface area contributed by atoms with Crippen molar-refractivity contribution >= 4 is 16.9 Å². The molecule has 0 unspecified atom stereocenters. The number of benzene rings is 2. The second-order valence-electron chi connectivity index (χ2n) is 6.67.